The lowest BCUT2D eigenvalue weighted by molar-refractivity contribution is 1.27. The van der Waals surface area contributed by atoms with Gasteiger partial charge in [0.05, 0.1) is 0 Å². The van der Waals surface area contributed by atoms with E-state index in [4.69, 9.17) is 0 Å². The maximum atomic E-state index is 2.36. The number of rotatable bonds is 5. The van der Waals surface area contributed by atoms with Crippen molar-refractivity contribution in [2.75, 3.05) is 4.90 Å². The molecule has 0 heterocycles. The fraction of sp³-hybridized carbons (Fsp3) is 0.0455. The number of hydrogen-bond donors (Lipinski definition) is 0. The highest BCUT2D eigenvalue weighted by atomic mass is 15.1. The van der Waals surface area contributed by atoms with E-state index in [0.717, 1.165) is 17.1 Å². The summed E-state index contributed by atoms with van der Waals surface area (Å²) >= 11 is 0. The van der Waals surface area contributed by atoms with Gasteiger partial charge in [0, 0.05) is 17.1 Å². The normalized spacial score (nSPS) is 11.3. The molecule has 0 bridgehead atoms. The molecule has 8 rings (SSSR count). The van der Waals surface area contributed by atoms with Crippen molar-refractivity contribution in [2.45, 2.75) is 13.8 Å². The fourth-order valence-corrected chi connectivity index (χ4v) is 6.88. The van der Waals surface area contributed by atoms with Gasteiger partial charge in [-0.25, -0.2) is 0 Å². The number of para-hydroxylation sites is 1. The summed E-state index contributed by atoms with van der Waals surface area (Å²) in [6.45, 7) is 4.39. The molecular weight excluding hydrogens is 542 g/mol. The van der Waals surface area contributed by atoms with Crippen LogP contribution in [0.15, 0.2) is 164 Å². The van der Waals surface area contributed by atoms with Crippen molar-refractivity contribution < 1.29 is 0 Å². The molecule has 0 saturated heterocycles. The molecule has 0 amide bonds. The molecule has 1 heteroatoms. The Morgan fingerprint density at radius 1 is 0.311 bits per heavy atom. The molecule has 0 N–H and O–H groups in total. The highest BCUT2D eigenvalue weighted by molar-refractivity contribution is 6.25. The zero-order valence-corrected chi connectivity index (χ0v) is 25.5. The Balaban J connectivity index is 1.21. The highest BCUT2D eigenvalue weighted by Gasteiger charge is 2.15. The van der Waals surface area contributed by atoms with Crippen LogP contribution in [0.2, 0.25) is 0 Å². The van der Waals surface area contributed by atoms with Crippen molar-refractivity contribution in [3.05, 3.63) is 175 Å². The maximum absolute atomic E-state index is 2.36. The quantitative estimate of drug-likeness (QED) is 0.185. The third-order valence-electron chi connectivity index (χ3n) is 9.12. The van der Waals surface area contributed by atoms with Crippen molar-refractivity contribution >= 4 is 49.4 Å². The van der Waals surface area contributed by atoms with Crippen LogP contribution >= 0.6 is 0 Å². The lowest BCUT2D eigenvalue weighted by Gasteiger charge is -2.26. The smallest absolute Gasteiger partial charge is 0.0464 e. The topological polar surface area (TPSA) is 3.24 Å². The first-order valence-corrected chi connectivity index (χ1v) is 15.6. The van der Waals surface area contributed by atoms with E-state index in [9.17, 15) is 0 Å². The summed E-state index contributed by atoms with van der Waals surface area (Å²) in [5.74, 6) is 0. The lowest BCUT2D eigenvalue weighted by atomic mass is 9.92. The Hall–Kier alpha value is -5.66. The number of nitrogens with zero attached hydrogens (tertiary/aromatic N) is 1. The second kappa shape index (κ2) is 11.1. The molecular formula is C44H33N. The molecule has 0 fully saturated rings. The molecule has 0 aromatic heterocycles. The van der Waals surface area contributed by atoms with Gasteiger partial charge < -0.3 is 4.90 Å². The van der Waals surface area contributed by atoms with Crippen molar-refractivity contribution in [1.82, 2.24) is 0 Å². The van der Waals surface area contributed by atoms with Gasteiger partial charge >= 0.3 is 0 Å². The number of fused-ring (bicyclic) bond motifs is 6. The molecule has 45 heavy (non-hydrogen) atoms. The molecule has 0 unspecified atom stereocenters. The van der Waals surface area contributed by atoms with Gasteiger partial charge in [0.15, 0.2) is 0 Å². The maximum Gasteiger partial charge on any atom is 0.0464 e. The molecule has 0 aliphatic heterocycles. The van der Waals surface area contributed by atoms with Crippen LogP contribution in [0.1, 0.15) is 11.1 Å². The van der Waals surface area contributed by atoms with Gasteiger partial charge in [0.1, 0.15) is 0 Å². The minimum Gasteiger partial charge on any atom is -0.310 e. The predicted molar refractivity (Wildman–Crippen MR) is 194 cm³/mol. The molecule has 0 aliphatic carbocycles. The van der Waals surface area contributed by atoms with Crippen LogP contribution in [0.4, 0.5) is 17.1 Å². The van der Waals surface area contributed by atoms with E-state index in [0.29, 0.717) is 0 Å². The van der Waals surface area contributed by atoms with Crippen LogP contribution < -0.4 is 4.90 Å². The number of anilines is 3. The summed E-state index contributed by atoms with van der Waals surface area (Å²) in [5.41, 5.74) is 10.9. The number of benzene rings is 8. The van der Waals surface area contributed by atoms with Crippen LogP contribution in [0, 0.1) is 13.8 Å². The van der Waals surface area contributed by atoms with Crippen LogP contribution in [0.3, 0.4) is 0 Å². The average Bonchev–Trinajstić information content (AvgIpc) is 3.10. The van der Waals surface area contributed by atoms with E-state index in [-0.39, 0.29) is 0 Å². The average molecular weight is 576 g/mol. The molecule has 0 aliphatic rings. The molecule has 0 saturated carbocycles. The Morgan fingerprint density at radius 3 is 1.44 bits per heavy atom. The standard InChI is InChI=1S/C44H33N/c1-30-12-6-7-15-37(30)38-27-25-36(28-31(38)2)45(34-13-4-3-5-14-34)35-23-20-32(21-24-35)33-22-26-43-41-18-9-8-16-39(41)40-17-10-11-19-42(40)44(43)29-33/h3-29H,1-2H3. The van der Waals surface area contributed by atoms with Gasteiger partial charge in [-0.1, -0.05) is 121 Å². The van der Waals surface area contributed by atoms with Gasteiger partial charge in [0.25, 0.3) is 0 Å². The van der Waals surface area contributed by atoms with Crippen LogP contribution in [-0.4, -0.2) is 0 Å². The van der Waals surface area contributed by atoms with E-state index in [1.807, 2.05) is 0 Å². The number of hydrogen-bond acceptors (Lipinski definition) is 1. The number of aryl methyl sites for hydroxylation is 2. The first kappa shape index (κ1) is 26.9. The lowest BCUT2D eigenvalue weighted by Crippen LogP contribution is -2.10. The highest BCUT2D eigenvalue weighted by Crippen LogP contribution is 2.40. The Morgan fingerprint density at radius 2 is 0.800 bits per heavy atom. The molecule has 214 valence electrons. The summed E-state index contributed by atoms with van der Waals surface area (Å²) in [4.78, 5) is 2.35. The zero-order valence-electron chi connectivity index (χ0n) is 25.5. The van der Waals surface area contributed by atoms with Crippen molar-refractivity contribution in [2.24, 2.45) is 0 Å². The SMILES string of the molecule is Cc1ccccc1-c1ccc(N(c2ccccc2)c2ccc(-c3ccc4c5ccccc5c5ccccc5c4c3)cc2)cc1C. The second-order valence-electron chi connectivity index (χ2n) is 11.9. The molecule has 0 atom stereocenters. The second-order valence-corrected chi connectivity index (χ2v) is 11.9. The first-order chi connectivity index (χ1) is 22.2. The summed E-state index contributed by atoms with van der Waals surface area (Å²) in [6, 6.07) is 59.5. The molecule has 0 spiro atoms. The van der Waals surface area contributed by atoms with E-state index in [1.165, 1.54) is 65.7 Å². The van der Waals surface area contributed by atoms with Gasteiger partial charge in [-0.2, -0.15) is 0 Å². The Labute approximate surface area is 264 Å². The largest absolute Gasteiger partial charge is 0.310 e. The van der Waals surface area contributed by atoms with Gasteiger partial charge in [-0.3, -0.25) is 0 Å². The fourth-order valence-electron chi connectivity index (χ4n) is 6.88. The van der Waals surface area contributed by atoms with E-state index < -0.39 is 0 Å². The van der Waals surface area contributed by atoms with Crippen LogP contribution in [-0.2, 0) is 0 Å². The summed E-state index contributed by atoms with van der Waals surface area (Å²) in [5, 5.41) is 7.79. The minimum absolute atomic E-state index is 1.13. The van der Waals surface area contributed by atoms with Crippen molar-refractivity contribution in [1.29, 1.82) is 0 Å². The molecule has 8 aromatic carbocycles. The first-order valence-electron chi connectivity index (χ1n) is 15.6. The van der Waals surface area contributed by atoms with E-state index >= 15 is 0 Å². The monoisotopic (exact) mass is 575 g/mol. The summed E-state index contributed by atoms with van der Waals surface area (Å²) in [6.07, 6.45) is 0. The Bertz CT molecular complexity index is 2300. The summed E-state index contributed by atoms with van der Waals surface area (Å²) < 4.78 is 0. The third-order valence-corrected chi connectivity index (χ3v) is 9.12. The van der Waals surface area contributed by atoms with Gasteiger partial charge in [0.2, 0.25) is 0 Å². The molecule has 1 nitrogen and oxygen atoms in total. The summed E-state index contributed by atoms with van der Waals surface area (Å²) in [7, 11) is 0. The van der Waals surface area contributed by atoms with E-state index in [1.54, 1.807) is 0 Å². The van der Waals surface area contributed by atoms with Crippen molar-refractivity contribution in [3.63, 3.8) is 0 Å². The van der Waals surface area contributed by atoms with Crippen molar-refractivity contribution in [3.8, 4) is 22.3 Å². The van der Waals surface area contributed by atoms with Crippen LogP contribution in [0.5, 0.6) is 0 Å². The predicted octanol–water partition coefficient (Wildman–Crippen LogP) is 12.6. The third kappa shape index (κ3) is 4.74. The van der Waals surface area contributed by atoms with Gasteiger partial charge in [-0.05, 0) is 122 Å². The van der Waals surface area contributed by atoms with Crippen LogP contribution in [0.25, 0.3) is 54.6 Å². The molecule has 0 radical (unpaired) electrons. The minimum atomic E-state index is 1.13. The Kier molecular flexibility index (Phi) is 6.65. The van der Waals surface area contributed by atoms with E-state index in [2.05, 4.69) is 183 Å². The zero-order chi connectivity index (χ0) is 30.3. The van der Waals surface area contributed by atoms with Gasteiger partial charge in [-0.15, -0.1) is 0 Å². The molecule has 8 aromatic rings.